The Morgan fingerprint density at radius 1 is 0.923 bits per heavy atom. The number of aliphatic hydroxyl groups excluding tert-OH is 3. The molecule has 6 rings (SSSR count). The van der Waals surface area contributed by atoms with E-state index in [1.165, 1.54) is 17.2 Å². The second-order valence-electron chi connectivity index (χ2n) is 8.87. The largest absolute Gasteiger partial charge is 0.454 e. The van der Waals surface area contributed by atoms with Gasteiger partial charge >= 0.3 is 6.01 Å². The molecule has 8 atom stereocenters. The number of imidazole rings is 2. The summed E-state index contributed by atoms with van der Waals surface area (Å²) < 4.78 is 49.8. The summed E-state index contributed by atoms with van der Waals surface area (Å²) in [6.45, 7) is -1.25. The molecule has 39 heavy (non-hydrogen) atoms. The van der Waals surface area contributed by atoms with Crippen LogP contribution in [0.5, 0.6) is 6.01 Å². The second kappa shape index (κ2) is 9.57. The molecule has 2 aliphatic heterocycles. The van der Waals surface area contributed by atoms with Crippen molar-refractivity contribution in [3.05, 3.63) is 17.9 Å². The molecule has 2 saturated heterocycles. The van der Waals surface area contributed by atoms with Gasteiger partial charge < -0.3 is 41.0 Å². The lowest BCUT2D eigenvalue weighted by atomic mass is 10.1. The molecule has 19 heteroatoms. The molecular formula is C20H21ClF2N10O6. The van der Waals surface area contributed by atoms with Crippen molar-refractivity contribution < 1.29 is 38.3 Å². The molecule has 0 bridgehead atoms. The van der Waals surface area contributed by atoms with Crippen LogP contribution in [-0.2, 0) is 9.47 Å². The average molecular weight is 571 g/mol. The summed E-state index contributed by atoms with van der Waals surface area (Å²) in [6, 6.07) is -0.421. The maximum absolute atomic E-state index is 15.8. The molecule has 0 saturated carbocycles. The average Bonchev–Trinajstić information content (AvgIpc) is 3.65. The molecule has 7 N–H and O–H groups in total. The van der Waals surface area contributed by atoms with Crippen molar-refractivity contribution in [2.24, 2.45) is 0 Å². The number of anilines is 2. The summed E-state index contributed by atoms with van der Waals surface area (Å²) in [5.74, 6) is -0.234. The summed E-state index contributed by atoms with van der Waals surface area (Å²) in [6.07, 6.45) is -9.54. The Morgan fingerprint density at radius 3 is 2.33 bits per heavy atom. The Labute approximate surface area is 221 Å². The third-order valence-corrected chi connectivity index (χ3v) is 6.74. The van der Waals surface area contributed by atoms with Crippen molar-refractivity contribution >= 4 is 45.6 Å². The fourth-order valence-corrected chi connectivity index (χ4v) is 4.87. The minimum atomic E-state index is -1.92. The van der Waals surface area contributed by atoms with Gasteiger partial charge in [0.05, 0.1) is 19.5 Å². The van der Waals surface area contributed by atoms with Crippen LogP contribution in [0.3, 0.4) is 0 Å². The first-order chi connectivity index (χ1) is 18.7. The predicted octanol–water partition coefficient (Wildman–Crippen LogP) is -0.952. The summed E-state index contributed by atoms with van der Waals surface area (Å²) in [4.78, 5) is 24.1. The van der Waals surface area contributed by atoms with Gasteiger partial charge in [-0.3, -0.25) is 9.13 Å². The van der Waals surface area contributed by atoms with E-state index in [1.54, 1.807) is 0 Å². The Balaban J connectivity index is 1.32. The Morgan fingerprint density at radius 2 is 1.62 bits per heavy atom. The van der Waals surface area contributed by atoms with Gasteiger partial charge in [-0.2, -0.15) is 19.9 Å². The third-order valence-electron chi connectivity index (χ3n) is 6.57. The first-order valence-corrected chi connectivity index (χ1v) is 11.9. The van der Waals surface area contributed by atoms with E-state index in [-0.39, 0.29) is 39.2 Å². The van der Waals surface area contributed by atoms with Crippen molar-refractivity contribution in [2.75, 3.05) is 24.7 Å². The summed E-state index contributed by atoms with van der Waals surface area (Å²) in [5, 5.41) is 29.1. The van der Waals surface area contributed by atoms with Crippen LogP contribution in [0.4, 0.5) is 20.4 Å². The number of nitrogens with zero attached hydrogens (tertiary/aromatic N) is 8. The van der Waals surface area contributed by atoms with Crippen molar-refractivity contribution in [1.29, 1.82) is 0 Å². The zero-order valence-corrected chi connectivity index (χ0v) is 20.4. The number of nitrogen functional groups attached to an aromatic ring is 2. The van der Waals surface area contributed by atoms with E-state index in [1.807, 2.05) is 0 Å². The number of rotatable bonds is 6. The third kappa shape index (κ3) is 4.07. The van der Waals surface area contributed by atoms with Gasteiger partial charge in [-0.1, -0.05) is 0 Å². The molecule has 2 aliphatic rings. The summed E-state index contributed by atoms with van der Waals surface area (Å²) in [7, 11) is 0. The molecule has 0 radical (unpaired) electrons. The number of fused-ring (bicyclic) bond motifs is 2. The Kier molecular flexibility index (Phi) is 6.31. The van der Waals surface area contributed by atoms with E-state index in [4.69, 9.17) is 37.3 Å². The predicted molar refractivity (Wildman–Crippen MR) is 127 cm³/mol. The molecule has 4 aromatic rings. The number of halogens is 3. The molecule has 4 aromatic heterocycles. The molecule has 0 aliphatic carbocycles. The highest BCUT2D eigenvalue weighted by molar-refractivity contribution is 6.28. The van der Waals surface area contributed by atoms with Crippen LogP contribution >= 0.6 is 11.6 Å². The molecule has 208 valence electrons. The lowest BCUT2D eigenvalue weighted by Gasteiger charge is -2.19. The van der Waals surface area contributed by atoms with Crippen molar-refractivity contribution in [2.45, 2.75) is 49.2 Å². The smallest absolute Gasteiger partial charge is 0.320 e. The number of nitrogens with two attached hydrogens (primary N) is 2. The molecule has 0 aromatic carbocycles. The van der Waals surface area contributed by atoms with Crippen LogP contribution in [0.2, 0.25) is 5.28 Å². The zero-order valence-electron chi connectivity index (χ0n) is 19.6. The molecule has 6 heterocycles. The van der Waals surface area contributed by atoms with E-state index < -0.39 is 68.4 Å². The second-order valence-corrected chi connectivity index (χ2v) is 9.21. The van der Waals surface area contributed by atoms with E-state index in [0.29, 0.717) is 0 Å². The molecule has 2 fully saturated rings. The molecule has 16 nitrogen and oxygen atoms in total. The SMILES string of the molecule is Nc1nc(O[C@H]2[C@H](F)C(n3cnc4nc(Cl)nc(N)c43)O[C@@H]2CO)nc2c1ncn2[C@@H]1O[C@H](CO)[C@@H](O)[C@@H]1F. The van der Waals surface area contributed by atoms with Gasteiger partial charge in [-0.05, 0) is 11.6 Å². The number of hydrogen-bond acceptors (Lipinski definition) is 14. The number of alkyl halides is 2. The van der Waals surface area contributed by atoms with E-state index in [0.717, 1.165) is 4.57 Å². The topological polar surface area (TPSA) is 228 Å². The van der Waals surface area contributed by atoms with Crippen molar-refractivity contribution in [1.82, 2.24) is 39.0 Å². The quantitative estimate of drug-likeness (QED) is 0.176. The molecule has 1 unspecified atom stereocenters. The highest BCUT2D eigenvalue weighted by Crippen LogP contribution is 2.38. The fourth-order valence-electron chi connectivity index (χ4n) is 4.70. The number of hydrogen-bond donors (Lipinski definition) is 5. The van der Waals surface area contributed by atoms with Crippen molar-refractivity contribution in [3.8, 4) is 6.01 Å². The molecule has 0 spiro atoms. The molecule has 0 amide bonds. The maximum Gasteiger partial charge on any atom is 0.320 e. The van der Waals surface area contributed by atoms with Crippen LogP contribution in [0.15, 0.2) is 12.7 Å². The van der Waals surface area contributed by atoms with Gasteiger partial charge in [-0.15, -0.1) is 0 Å². The van der Waals surface area contributed by atoms with Crippen LogP contribution in [-0.4, -0.2) is 104 Å². The van der Waals surface area contributed by atoms with Gasteiger partial charge in [0.2, 0.25) is 5.28 Å². The van der Waals surface area contributed by atoms with E-state index in [2.05, 4.69) is 29.9 Å². The normalized spacial score (nSPS) is 31.0. The maximum atomic E-state index is 15.8. The van der Waals surface area contributed by atoms with Crippen LogP contribution in [0, 0.1) is 0 Å². The van der Waals surface area contributed by atoms with Crippen molar-refractivity contribution in [3.63, 3.8) is 0 Å². The lowest BCUT2D eigenvalue weighted by Crippen LogP contribution is -2.37. The Hall–Kier alpha value is -3.55. The first-order valence-electron chi connectivity index (χ1n) is 11.5. The van der Waals surface area contributed by atoms with Crippen LogP contribution in [0.1, 0.15) is 12.5 Å². The van der Waals surface area contributed by atoms with Gasteiger partial charge in [0.15, 0.2) is 59.3 Å². The van der Waals surface area contributed by atoms with Gasteiger partial charge in [0.1, 0.15) is 30.2 Å². The highest BCUT2D eigenvalue weighted by atomic mass is 35.5. The number of aliphatic hydroxyl groups is 3. The van der Waals surface area contributed by atoms with E-state index in [9.17, 15) is 19.7 Å². The van der Waals surface area contributed by atoms with E-state index >= 15 is 4.39 Å². The first kappa shape index (κ1) is 25.7. The standard InChI is InChI=1S/C20H21ClF2N10O6/c21-19-28-14(25)10-15(30-19)27-4-32(10)18-8(23)12(6(2-35)38-18)39-20-29-13(24)9-16(31-20)33(3-26-9)17-7(22)11(36)5(1-34)37-17/h3-8,11-12,17-18,34-36H,1-2H2,(H2,24,29,31)(H2,25,28,30)/t5-,6-,7+,8+,11-,12-,17-,18?/m1/s1. The van der Waals surface area contributed by atoms with Gasteiger partial charge in [0.25, 0.3) is 0 Å². The minimum absolute atomic E-state index is 0.0373. The minimum Gasteiger partial charge on any atom is -0.454 e. The summed E-state index contributed by atoms with van der Waals surface area (Å²) in [5.41, 5.74) is 12.2. The number of ether oxygens (including phenoxy) is 3. The van der Waals surface area contributed by atoms with Crippen LogP contribution < -0.4 is 16.2 Å². The summed E-state index contributed by atoms with van der Waals surface area (Å²) >= 11 is 5.82. The molecular weight excluding hydrogens is 550 g/mol. The highest BCUT2D eigenvalue weighted by Gasteiger charge is 2.49. The van der Waals surface area contributed by atoms with Crippen LogP contribution in [0.25, 0.3) is 22.3 Å². The zero-order chi connectivity index (χ0) is 27.6. The number of aromatic nitrogens is 8. The van der Waals surface area contributed by atoms with Gasteiger partial charge in [0, 0.05) is 0 Å². The monoisotopic (exact) mass is 570 g/mol. The Bertz CT molecular complexity index is 1540. The fraction of sp³-hybridized carbons (Fsp3) is 0.500. The van der Waals surface area contributed by atoms with Gasteiger partial charge in [-0.25, -0.2) is 18.7 Å². The lowest BCUT2D eigenvalue weighted by molar-refractivity contribution is -0.0461.